The van der Waals surface area contributed by atoms with Crippen LogP contribution in [0.3, 0.4) is 0 Å². The smallest absolute Gasteiger partial charge is 0.256 e. The van der Waals surface area contributed by atoms with Crippen LogP contribution in [-0.4, -0.2) is 28.9 Å². The molecule has 0 saturated heterocycles. The molecule has 0 atom stereocenters. The van der Waals surface area contributed by atoms with Crippen molar-refractivity contribution >= 4 is 5.91 Å². The maximum absolute atomic E-state index is 11.9. The van der Waals surface area contributed by atoms with Crippen LogP contribution in [0.2, 0.25) is 0 Å². The maximum Gasteiger partial charge on any atom is 0.256 e. The van der Waals surface area contributed by atoms with Crippen molar-refractivity contribution in [1.29, 1.82) is 0 Å². The first-order valence-corrected chi connectivity index (χ1v) is 4.92. The normalized spacial score (nSPS) is 9.33. The first kappa shape index (κ1) is 11.3. The fraction of sp³-hybridized carbons (Fsp3) is 0.333. The van der Waals surface area contributed by atoms with Crippen molar-refractivity contribution in [2.24, 2.45) is 0 Å². The van der Waals surface area contributed by atoms with Crippen molar-refractivity contribution in [3.63, 3.8) is 0 Å². The summed E-state index contributed by atoms with van der Waals surface area (Å²) >= 11 is 0. The van der Waals surface area contributed by atoms with Gasteiger partial charge in [-0.05, 0) is 18.6 Å². The van der Waals surface area contributed by atoms with Crippen LogP contribution in [0.15, 0.2) is 24.5 Å². The van der Waals surface area contributed by atoms with Crippen LogP contribution in [0.1, 0.15) is 23.7 Å². The van der Waals surface area contributed by atoms with Gasteiger partial charge in [-0.2, -0.15) is 0 Å². The highest BCUT2D eigenvalue weighted by Crippen LogP contribution is 2.03. The number of pyridine rings is 1. The molecule has 0 fully saturated rings. The zero-order valence-corrected chi connectivity index (χ0v) is 8.81. The number of terminal acetylenes is 1. The van der Waals surface area contributed by atoms with Gasteiger partial charge in [0.25, 0.3) is 5.91 Å². The van der Waals surface area contributed by atoms with E-state index in [9.17, 15) is 4.79 Å². The second-order valence-corrected chi connectivity index (χ2v) is 3.17. The minimum atomic E-state index is -0.0529. The number of aromatic nitrogens is 1. The molecule has 15 heavy (non-hydrogen) atoms. The third-order valence-corrected chi connectivity index (χ3v) is 1.97. The third-order valence-electron chi connectivity index (χ3n) is 1.97. The topological polar surface area (TPSA) is 33.2 Å². The van der Waals surface area contributed by atoms with E-state index < -0.39 is 0 Å². The molecule has 0 aromatic carbocycles. The molecule has 3 heteroatoms. The summed E-state index contributed by atoms with van der Waals surface area (Å²) in [6, 6.07) is 3.49. The second-order valence-electron chi connectivity index (χ2n) is 3.17. The van der Waals surface area contributed by atoms with Crippen LogP contribution >= 0.6 is 0 Å². The molecule has 0 radical (unpaired) electrons. The molecule has 0 unspecified atom stereocenters. The Bertz CT molecular complexity index is 354. The Morgan fingerprint density at radius 2 is 2.47 bits per heavy atom. The van der Waals surface area contributed by atoms with Crippen molar-refractivity contribution in [3.05, 3.63) is 30.1 Å². The van der Waals surface area contributed by atoms with Crippen molar-refractivity contribution in [1.82, 2.24) is 9.88 Å². The lowest BCUT2D eigenvalue weighted by Crippen LogP contribution is -2.32. The lowest BCUT2D eigenvalue weighted by atomic mass is 10.2. The summed E-state index contributed by atoms with van der Waals surface area (Å²) in [5, 5.41) is 0. The largest absolute Gasteiger partial charge is 0.327 e. The third kappa shape index (κ3) is 3.10. The molecular formula is C12H14N2O. The quantitative estimate of drug-likeness (QED) is 0.694. The van der Waals surface area contributed by atoms with Gasteiger partial charge in [-0.3, -0.25) is 9.78 Å². The second kappa shape index (κ2) is 5.82. The van der Waals surface area contributed by atoms with E-state index in [1.807, 2.05) is 6.92 Å². The number of hydrogen-bond donors (Lipinski definition) is 0. The molecule has 1 aromatic rings. The van der Waals surface area contributed by atoms with E-state index in [1.165, 1.54) is 0 Å². The molecule has 0 N–H and O–H groups in total. The van der Waals surface area contributed by atoms with Gasteiger partial charge in [0.15, 0.2) is 0 Å². The molecule has 0 aliphatic rings. The Hall–Kier alpha value is -1.82. The van der Waals surface area contributed by atoms with Gasteiger partial charge in [0.2, 0.25) is 0 Å². The van der Waals surface area contributed by atoms with E-state index in [4.69, 9.17) is 6.42 Å². The molecule has 0 aliphatic carbocycles. The summed E-state index contributed by atoms with van der Waals surface area (Å²) < 4.78 is 0. The van der Waals surface area contributed by atoms with Crippen molar-refractivity contribution in [2.45, 2.75) is 13.3 Å². The van der Waals surface area contributed by atoms with Crippen LogP contribution < -0.4 is 0 Å². The Morgan fingerprint density at radius 3 is 3.00 bits per heavy atom. The number of carbonyl (C=O) groups is 1. The molecule has 3 nitrogen and oxygen atoms in total. The van der Waals surface area contributed by atoms with Crippen LogP contribution in [0.5, 0.6) is 0 Å². The SMILES string of the molecule is C#CCN(CCC)C(=O)c1cccnc1. The highest BCUT2D eigenvalue weighted by molar-refractivity contribution is 5.94. The predicted octanol–water partition coefficient (Wildman–Crippen LogP) is 1.57. The predicted molar refractivity (Wildman–Crippen MR) is 59.3 cm³/mol. The van der Waals surface area contributed by atoms with Crippen molar-refractivity contribution < 1.29 is 4.79 Å². The summed E-state index contributed by atoms with van der Waals surface area (Å²) in [4.78, 5) is 17.5. The highest BCUT2D eigenvalue weighted by Gasteiger charge is 2.13. The van der Waals surface area contributed by atoms with E-state index in [2.05, 4.69) is 10.9 Å². The van der Waals surface area contributed by atoms with Crippen LogP contribution in [-0.2, 0) is 0 Å². The number of amides is 1. The van der Waals surface area contributed by atoms with Gasteiger partial charge in [-0.25, -0.2) is 0 Å². The van der Waals surface area contributed by atoms with E-state index >= 15 is 0 Å². The molecule has 1 heterocycles. The molecule has 1 aromatic heterocycles. The Morgan fingerprint density at radius 1 is 1.67 bits per heavy atom. The Balaban J connectivity index is 2.77. The molecular weight excluding hydrogens is 188 g/mol. The zero-order valence-electron chi connectivity index (χ0n) is 8.81. The summed E-state index contributed by atoms with van der Waals surface area (Å²) in [6.45, 7) is 3.04. The molecule has 1 rings (SSSR count). The van der Waals surface area contributed by atoms with Crippen LogP contribution in [0.25, 0.3) is 0 Å². The summed E-state index contributed by atoms with van der Waals surface area (Å²) in [5.41, 5.74) is 0.584. The first-order chi connectivity index (χ1) is 7.29. The minimum Gasteiger partial charge on any atom is -0.327 e. The molecule has 0 aliphatic heterocycles. The standard InChI is InChI=1S/C12H14N2O/c1-3-8-14(9-4-2)12(15)11-6-5-7-13-10-11/h1,5-7,10H,4,8-9H2,2H3. The summed E-state index contributed by atoms with van der Waals surface area (Å²) in [6.07, 6.45) is 9.31. The van der Waals surface area contributed by atoms with Crippen LogP contribution in [0, 0.1) is 12.3 Å². The van der Waals surface area contributed by atoms with E-state index in [0.717, 1.165) is 6.42 Å². The lowest BCUT2D eigenvalue weighted by Gasteiger charge is -2.18. The van der Waals surface area contributed by atoms with Gasteiger partial charge in [0.05, 0.1) is 12.1 Å². The average Bonchev–Trinajstić information content (AvgIpc) is 2.29. The van der Waals surface area contributed by atoms with Gasteiger partial charge < -0.3 is 4.90 Å². The van der Waals surface area contributed by atoms with Gasteiger partial charge in [-0.1, -0.05) is 12.8 Å². The zero-order chi connectivity index (χ0) is 11.1. The van der Waals surface area contributed by atoms with E-state index in [-0.39, 0.29) is 5.91 Å². The van der Waals surface area contributed by atoms with E-state index in [0.29, 0.717) is 18.7 Å². The summed E-state index contributed by atoms with van der Waals surface area (Å²) in [7, 11) is 0. The van der Waals surface area contributed by atoms with Gasteiger partial charge >= 0.3 is 0 Å². The molecule has 1 amide bonds. The van der Waals surface area contributed by atoms with Gasteiger partial charge in [-0.15, -0.1) is 6.42 Å². The fourth-order valence-corrected chi connectivity index (χ4v) is 1.30. The molecule has 0 spiro atoms. The summed E-state index contributed by atoms with van der Waals surface area (Å²) in [5.74, 6) is 2.44. The monoisotopic (exact) mass is 202 g/mol. The number of rotatable bonds is 4. The van der Waals surface area contributed by atoms with Crippen molar-refractivity contribution in [3.8, 4) is 12.3 Å². The fourth-order valence-electron chi connectivity index (χ4n) is 1.30. The minimum absolute atomic E-state index is 0.0529. The van der Waals surface area contributed by atoms with Crippen LogP contribution in [0.4, 0.5) is 0 Å². The van der Waals surface area contributed by atoms with Gasteiger partial charge in [0.1, 0.15) is 0 Å². The first-order valence-electron chi connectivity index (χ1n) is 4.92. The highest BCUT2D eigenvalue weighted by atomic mass is 16.2. The van der Waals surface area contributed by atoms with E-state index in [1.54, 1.807) is 29.4 Å². The maximum atomic E-state index is 11.9. The number of hydrogen-bond acceptors (Lipinski definition) is 2. The Kier molecular flexibility index (Phi) is 4.36. The number of carbonyl (C=O) groups excluding carboxylic acids is 1. The molecule has 0 bridgehead atoms. The average molecular weight is 202 g/mol. The van der Waals surface area contributed by atoms with Gasteiger partial charge in [0, 0.05) is 18.9 Å². The number of nitrogens with zero attached hydrogens (tertiary/aromatic N) is 2. The Labute approximate surface area is 90.1 Å². The van der Waals surface area contributed by atoms with Crippen molar-refractivity contribution in [2.75, 3.05) is 13.1 Å². The lowest BCUT2D eigenvalue weighted by molar-refractivity contribution is 0.0776. The molecule has 78 valence electrons. The molecule has 0 saturated carbocycles.